The standard InChI is InChI=1S/C20H21NO3S/c1-3-21(15-16-7-5-4-6-8-16)25(22,23)20-12-10-17-13-19(24-2)11-9-18(17)14-20/h4-14H,3,15H2,1-2H3. The molecule has 0 aliphatic carbocycles. The Kier molecular flexibility index (Phi) is 5.06. The van der Waals surface area contributed by atoms with Crippen LogP contribution in [0.4, 0.5) is 0 Å². The molecule has 0 radical (unpaired) electrons. The summed E-state index contributed by atoms with van der Waals surface area (Å²) in [5.74, 6) is 0.752. The molecule has 0 unspecified atom stereocenters. The third kappa shape index (κ3) is 3.67. The average Bonchev–Trinajstić information content (AvgIpc) is 2.65. The highest BCUT2D eigenvalue weighted by Crippen LogP contribution is 2.26. The highest BCUT2D eigenvalue weighted by Gasteiger charge is 2.23. The van der Waals surface area contributed by atoms with Gasteiger partial charge in [0.1, 0.15) is 5.75 Å². The van der Waals surface area contributed by atoms with Gasteiger partial charge in [0, 0.05) is 13.1 Å². The SMILES string of the molecule is CCN(Cc1ccccc1)S(=O)(=O)c1ccc2cc(OC)ccc2c1. The van der Waals surface area contributed by atoms with Gasteiger partial charge in [-0.2, -0.15) is 4.31 Å². The molecule has 4 nitrogen and oxygen atoms in total. The molecule has 0 aromatic heterocycles. The minimum absolute atomic E-state index is 0.308. The second-order valence-corrected chi connectivity index (χ2v) is 7.73. The van der Waals surface area contributed by atoms with Crippen LogP contribution in [0.5, 0.6) is 5.75 Å². The van der Waals surface area contributed by atoms with Crippen LogP contribution in [0.1, 0.15) is 12.5 Å². The van der Waals surface area contributed by atoms with Crippen LogP contribution in [0.15, 0.2) is 71.6 Å². The van der Waals surface area contributed by atoms with Gasteiger partial charge in [-0.3, -0.25) is 0 Å². The molecule has 0 saturated heterocycles. The van der Waals surface area contributed by atoms with E-state index in [-0.39, 0.29) is 0 Å². The van der Waals surface area contributed by atoms with Gasteiger partial charge >= 0.3 is 0 Å². The lowest BCUT2D eigenvalue weighted by Gasteiger charge is -2.21. The first kappa shape index (κ1) is 17.5. The van der Waals surface area contributed by atoms with Crippen molar-refractivity contribution < 1.29 is 13.2 Å². The van der Waals surface area contributed by atoms with Crippen molar-refractivity contribution in [1.82, 2.24) is 4.31 Å². The first-order valence-corrected chi connectivity index (χ1v) is 9.60. The monoisotopic (exact) mass is 355 g/mol. The van der Waals surface area contributed by atoms with Gasteiger partial charge in [-0.1, -0.05) is 49.4 Å². The molecular formula is C20H21NO3S. The van der Waals surface area contributed by atoms with E-state index in [1.54, 1.807) is 19.2 Å². The predicted octanol–water partition coefficient (Wildman–Crippen LogP) is 4.06. The lowest BCUT2D eigenvalue weighted by Crippen LogP contribution is -2.30. The Balaban J connectivity index is 1.96. The van der Waals surface area contributed by atoms with Crippen molar-refractivity contribution in [3.8, 4) is 5.75 Å². The first-order valence-electron chi connectivity index (χ1n) is 8.16. The molecule has 0 saturated carbocycles. The van der Waals surface area contributed by atoms with E-state index in [0.29, 0.717) is 18.0 Å². The predicted molar refractivity (Wildman–Crippen MR) is 100 cm³/mol. The number of hydrogen-bond acceptors (Lipinski definition) is 3. The second kappa shape index (κ2) is 7.25. The lowest BCUT2D eigenvalue weighted by molar-refractivity contribution is 0.415. The normalized spacial score (nSPS) is 11.8. The third-order valence-corrected chi connectivity index (χ3v) is 6.13. The number of nitrogens with zero attached hydrogens (tertiary/aromatic N) is 1. The minimum Gasteiger partial charge on any atom is -0.497 e. The Morgan fingerprint density at radius 1 is 0.920 bits per heavy atom. The van der Waals surface area contributed by atoms with Crippen LogP contribution in [0.3, 0.4) is 0 Å². The highest BCUT2D eigenvalue weighted by molar-refractivity contribution is 7.89. The summed E-state index contributed by atoms with van der Waals surface area (Å²) in [5.41, 5.74) is 0.971. The van der Waals surface area contributed by atoms with Gasteiger partial charge < -0.3 is 4.74 Å². The summed E-state index contributed by atoms with van der Waals surface area (Å²) in [5, 5.41) is 1.82. The Labute approximate surface area is 148 Å². The Hall–Kier alpha value is -2.37. The van der Waals surface area contributed by atoms with Gasteiger partial charge in [0.15, 0.2) is 0 Å². The van der Waals surface area contributed by atoms with Crippen molar-refractivity contribution >= 4 is 20.8 Å². The minimum atomic E-state index is -3.55. The first-order chi connectivity index (χ1) is 12.0. The maximum Gasteiger partial charge on any atom is 0.243 e. The average molecular weight is 355 g/mol. The van der Waals surface area contributed by atoms with Gasteiger partial charge in [-0.05, 0) is 40.6 Å². The Bertz CT molecular complexity index is 969. The summed E-state index contributed by atoms with van der Waals surface area (Å²) < 4.78 is 32.8. The summed E-state index contributed by atoms with van der Waals surface area (Å²) in [6.07, 6.45) is 0. The fourth-order valence-corrected chi connectivity index (χ4v) is 4.27. The summed E-state index contributed by atoms with van der Waals surface area (Å²) in [4.78, 5) is 0.308. The van der Waals surface area contributed by atoms with E-state index in [1.165, 1.54) is 4.31 Å². The molecule has 0 aliphatic heterocycles. The van der Waals surface area contributed by atoms with Crippen molar-refractivity contribution in [2.75, 3.05) is 13.7 Å². The summed E-state index contributed by atoms with van der Waals surface area (Å²) in [6, 6.07) is 20.4. The summed E-state index contributed by atoms with van der Waals surface area (Å²) in [6.45, 7) is 2.63. The van der Waals surface area contributed by atoms with Crippen LogP contribution < -0.4 is 4.74 Å². The van der Waals surface area contributed by atoms with Gasteiger partial charge in [0.25, 0.3) is 0 Å². The topological polar surface area (TPSA) is 46.6 Å². The number of ether oxygens (including phenoxy) is 1. The number of fused-ring (bicyclic) bond motifs is 1. The van der Waals surface area contributed by atoms with Crippen LogP contribution in [-0.4, -0.2) is 26.4 Å². The number of rotatable bonds is 6. The van der Waals surface area contributed by atoms with Crippen LogP contribution >= 0.6 is 0 Å². The summed E-state index contributed by atoms with van der Waals surface area (Å²) in [7, 11) is -1.94. The quantitative estimate of drug-likeness (QED) is 0.670. The number of sulfonamides is 1. The molecule has 3 aromatic rings. The molecule has 3 rings (SSSR count). The van der Waals surface area contributed by atoms with Crippen LogP contribution in [0.25, 0.3) is 10.8 Å². The zero-order valence-electron chi connectivity index (χ0n) is 14.3. The molecule has 0 heterocycles. The van der Waals surface area contributed by atoms with Gasteiger partial charge in [-0.25, -0.2) is 8.42 Å². The van der Waals surface area contributed by atoms with Crippen molar-refractivity contribution in [3.63, 3.8) is 0 Å². The number of hydrogen-bond donors (Lipinski definition) is 0. The maximum absolute atomic E-state index is 13.0. The van der Waals surface area contributed by atoms with E-state index in [4.69, 9.17) is 4.74 Å². The van der Waals surface area contributed by atoms with Gasteiger partial charge in [0.05, 0.1) is 12.0 Å². The van der Waals surface area contributed by atoms with E-state index < -0.39 is 10.0 Å². The van der Waals surface area contributed by atoms with E-state index in [0.717, 1.165) is 22.1 Å². The number of benzene rings is 3. The van der Waals surface area contributed by atoms with Crippen LogP contribution in [0, 0.1) is 0 Å². The molecule has 3 aromatic carbocycles. The van der Waals surface area contributed by atoms with E-state index in [1.807, 2.05) is 61.5 Å². The van der Waals surface area contributed by atoms with Crippen molar-refractivity contribution in [2.45, 2.75) is 18.4 Å². The van der Waals surface area contributed by atoms with Crippen LogP contribution in [-0.2, 0) is 16.6 Å². The molecule has 130 valence electrons. The molecule has 25 heavy (non-hydrogen) atoms. The van der Waals surface area contributed by atoms with E-state index in [2.05, 4.69) is 0 Å². The van der Waals surface area contributed by atoms with E-state index in [9.17, 15) is 8.42 Å². The smallest absolute Gasteiger partial charge is 0.243 e. The lowest BCUT2D eigenvalue weighted by atomic mass is 10.1. The summed E-state index contributed by atoms with van der Waals surface area (Å²) >= 11 is 0. The molecule has 0 atom stereocenters. The van der Waals surface area contributed by atoms with E-state index >= 15 is 0 Å². The van der Waals surface area contributed by atoms with Crippen LogP contribution in [0.2, 0.25) is 0 Å². The molecule has 0 fully saturated rings. The molecule has 0 amide bonds. The van der Waals surface area contributed by atoms with Crippen molar-refractivity contribution in [2.24, 2.45) is 0 Å². The van der Waals surface area contributed by atoms with Crippen molar-refractivity contribution in [3.05, 3.63) is 72.3 Å². The fraction of sp³-hybridized carbons (Fsp3) is 0.200. The highest BCUT2D eigenvalue weighted by atomic mass is 32.2. The Morgan fingerprint density at radius 2 is 1.60 bits per heavy atom. The fourth-order valence-electron chi connectivity index (χ4n) is 2.79. The molecule has 0 aliphatic rings. The zero-order valence-corrected chi connectivity index (χ0v) is 15.2. The molecule has 0 bridgehead atoms. The van der Waals surface area contributed by atoms with Gasteiger partial charge in [-0.15, -0.1) is 0 Å². The third-order valence-electron chi connectivity index (χ3n) is 4.21. The Morgan fingerprint density at radius 3 is 2.28 bits per heavy atom. The maximum atomic E-state index is 13.0. The molecular weight excluding hydrogens is 334 g/mol. The second-order valence-electron chi connectivity index (χ2n) is 5.79. The largest absolute Gasteiger partial charge is 0.497 e. The zero-order chi connectivity index (χ0) is 17.9. The van der Waals surface area contributed by atoms with Crippen molar-refractivity contribution in [1.29, 1.82) is 0 Å². The molecule has 0 N–H and O–H groups in total. The number of methoxy groups -OCH3 is 1. The van der Waals surface area contributed by atoms with Gasteiger partial charge in [0.2, 0.25) is 10.0 Å². The molecule has 5 heteroatoms. The molecule has 0 spiro atoms.